The van der Waals surface area contributed by atoms with E-state index >= 15 is 0 Å². The van der Waals surface area contributed by atoms with E-state index in [1.807, 2.05) is 49.3 Å². The summed E-state index contributed by atoms with van der Waals surface area (Å²) in [5, 5.41) is 14.0. The molecule has 0 bridgehead atoms. The highest BCUT2D eigenvalue weighted by Gasteiger charge is 2.04. The van der Waals surface area contributed by atoms with Gasteiger partial charge in [-0.1, -0.05) is 19.1 Å². The number of carbonyl (C=O) groups excluding carboxylic acids is 1. The molecule has 0 unspecified atom stereocenters. The van der Waals surface area contributed by atoms with E-state index in [0.29, 0.717) is 24.5 Å². The monoisotopic (exact) mass is 313 g/mol. The quantitative estimate of drug-likeness (QED) is 0.765. The van der Waals surface area contributed by atoms with Gasteiger partial charge in [0.05, 0.1) is 11.9 Å². The first-order chi connectivity index (χ1) is 11.1. The molecule has 0 saturated carbocycles. The van der Waals surface area contributed by atoms with Gasteiger partial charge in [0.1, 0.15) is 0 Å². The van der Waals surface area contributed by atoms with Crippen molar-refractivity contribution in [1.82, 2.24) is 15.5 Å². The summed E-state index contributed by atoms with van der Waals surface area (Å²) in [5.74, 6) is 0.625. The van der Waals surface area contributed by atoms with Gasteiger partial charge in [-0.05, 0) is 24.1 Å². The number of carbonyl (C=O) groups is 1. The highest BCUT2D eigenvalue weighted by Crippen LogP contribution is 2.12. The van der Waals surface area contributed by atoms with Crippen molar-refractivity contribution in [3.8, 4) is 0 Å². The number of hydrogen-bond donors (Lipinski definition) is 2. The molecule has 0 spiro atoms. The molecule has 23 heavy (non-hydrogen) atoms. The summed E-state index contributed by atoms with van der Waals surface area (Å²) in [5.41, 5.74) is 2.88. The van der Waals surface area contributed by atoms with E-state index < -0.39 is 0 Å². The molecule has 1 amide bonds. The first-order valence-electron chi connectivity index (χ1n) is 7.71. The summed E-state index contributed by atoms with van der Waals surface area (Å²) in [7, 11) is 3.90. The molecule has 0 aliphatic carbocycles. The van der Waals surface area contributed by atoms with Crippen LogP contribution in [0.4, 0.5) is 11.5 Å². The summed E-state index contributed by atoms with van der Waals surface area (Å²) >= 11 is 0. The van der Waals surface area contributed by atoms with Crippen LogP contribution >= 0.6 is 0 Å². The fourth-order valence-electron chi connectivity index (χ4n) is 2.05. The molecule has 2 rings (SSSR count). The Labute approximate surface area is 136 Å². The van der Waals surface area contributed by atoms with Crippen molar-refractivity contribution in [3.63, 3.8) is 0 Å². The van der Waals surface area contributed by atoms with Crippen molar-refractivity contribution in [2.75, 3.05) is 37.4 Å². The fraction of sp³-hybridized carbons (Fsp3) is 0.353. The topological polar surface area (TPSA) is 70.2 Å². The number of amides is 1. The number of aryl methyl sites for hydroxylation is 1. The van der Waals surface area contributed by atoms with Crippen LogP contribution in [0.2, 0.25) is 0 Å². The Kier molecular flexibility index (Phi) is 5.91. The number of hydrogen-bond acceptors (Lipinski definition) is 5. The van der Waals surface area contributed by atoms with Crippen LogP contribution < -0.4 is 15.5 Å². The lowest BCUT2D eigenvalue weighted by molar-refractivity contribution is 0.0955. The molecule has 6 heteroatoms. The van der Waals surface area contributed by atoms with E-state index in [2.05, 4.69) is 27.8 Å². The zero-order valence-electron chi connectivity index (χ0n) is 13.8. The zero-order chi connectivity index (χ0) is 16.7. The number of anilines is 2. The smallest absolute Gasteiger partial charge is 0.251 e. The minimum Gasteiger partial charge on any atom is -0.376 e. The van der Waals surface area contributed by atoms with Crippen LogP contribution in [-0.2, 0) is 6.42 Å². The molecule has 0 radical (unpaired) electrons. The van der Waals surface area contributed by atoms with E-state index in [1.165, 1.54) is 5.56 Å². The summed E-state index contributed by atoms with van der Waals surface area (Å²) < 4.78 is 0. The second kappa shape index (κ2) is 8.12. The van der Waals surface area contributed by atoms with E-state index in [0.717, 1.165) is 12.1 Å². The Morgan fingerprint density at radius 3 is 2.57 bits per heavy atom. The van der Waals surface area contributed by atoms with Gasteiger partial charge in [-0.25, -0.2) is 0 Å². The lowest BCUT2D eigenvalue weighted by atomic mass is 10.1. The molecule has 0 fully saturated rings. The molecule has 1 heterocycles. The Morgan fingerprint density at radius 1 is 1.17 bits per heavy atom. The van der Waals surface area contributed by atoms with Crippen molar-refractivity contribution in [1.29, 1.82) is 0 Å². The lowest BCUT2D eigenvalue weighted by Gasteiger charge is -2.13. The van der Waals surface area contributed by atoms with E-state index in [4.69, 9.17) is 0 Å². The van der Waals surface area contributed by atoms with Crippen LogP contribution in [0, 0.1) is 0 Å². The van der Waals surface area contributed by atoms with Gasteiger partial charge in [-0.2, -0.15) is 5.10 Å². The maximum atomic E-state index is 12.0. The number of rotatable bonds is 7. The molecule has 0 atom stereocenters. The molecule has 1 aromatic heterocycles. The second-order valence-electron chi connectivity index (χ2n) is 5.43. The molecule has 2 N–H and O–H groups in total. The third-order valence-electron chi connectivity index (χ3n) is 3.50. The van der Waals surface area contributed by atoms with Gasteiger partial charge in [0.2, 0.25) is 0 Å². The Balaban J connectivity index is 1.78. The third kappa shape index (κ3) is 4.95. The maximum Gasteiger partial charge on any atom is 0.251 e. The highest BCUT2D eigenvalue weighted by atomic mass is 16.1. The first-order valence-corrected chi connectivity index (χ1v) is 7.71. The summed E-state index contributed by atoms with van der Waals surface area (Å²) in [6.45, 7) is 3.20. The predicted octanol–water partition coefficient (Wildman–Crippen LogP) is 1.95. The van der Waals surface area contributed by atoms with Gasteiger partial charge in [-0.15, -0.1) is 5.10 Å². The zero-order valence-corrected chi connectivity index (χ0v) is 13.8. The average molecular weight is 313 g/mol. The number of nitrogens with zero attached hydrogens (tertiary/aromatic N) is 3. The summed E-state index contributed by atoms with van der Waals surface area (Å²) in [6, 6.07) is 9.59. The van der Waals surface area contributed by atoms with E-state index in [9.17, 15) is 4.79 Å². The van der Waals surface area contributed by atoms with Gasteiger partial charge in [0.25, 0.3) is 5.91 Å². The normalized spacial score (nSPS) is 10.2. The van der Waals surface area contributed by atoms with Gasteiger partial charge >= 0.3 is 0 Å². The molecule has 0 aliphatic rings. The van der Waals surface area contributed by atoms with Crippen molar-refractivity contribution in [2.24, 2.45) is 0 Å². The molecular formula is C17H23N5O. The van der Waals surface area contributed by atoms with Gasteiger partial charge < -0.3 is 15.5 Å². The molecule has 0 saturated heterocycles. The second-order valence-corrected chi connectivity index (χ2v) is 5.43. The van der Waals surface area contributed by atoms with Crippen molar-refractivity contribution >= 4 is 17.4 Å². The van der Waals surface area contributed by atoms with Crippen molar-refractivity contribution in [2.45, 2.75) is 13.3 Å². The molecule has 6 nitrogen and oxygen atoms in total. The molecule has 1 aromatic carbocycles. The summed E-state index contributed by atoms with van der Waals surface area (Å²) in [6.07, 6.45) is 2.67. The Hall–Kier alpha value is -2.63. The van der Waals surface area contributed by atoms with Gasteiger partial charge in [0, 0.05) is 38.8 Å². The SMILES string of the molecule is CCc1ccc(C(=O)NCCNc2cc(N(C)C)cnn2)cc1. The molecule has 0 aliphatic heterocycles. The fourth-order valence-corrected chi connectivity index (χ4v) is 2.05. The minimum atomic E-state index is -0.0671. The van der Waals surface area contributed by atoms with E-state index in [-0.39, 0.29) is 5.91 Å². The Bertz CT molecular complexity index is 640. The number of benzene rings is 1. The lowest BCUT2D eigenvalue weighted by Crippen LogP contribution is -2.29. The summed E-state index contributed by atoms with van der Waals surface area (Å²) in [4.78, 5) is 14.0. The third-order valence-corrected chi connectivity index (χ3v) is 3.50. The van der Waals surface area contributed by atoms with Crippen LogP contribution in [-0.4, -0.2) is 43.3 Å². The standard InChI is InChI=1S/C17H23N5O/c1-4-13-5-7-14(8-6-13)17(23)19-10-9-18-16-11-15(22(2)3)12-20-21-16/h5-8,11-12H,4,9-10H2,1-3H3,(H,18,21)(H,19,23). The maximum absolute atomic E-state index is 12.0. The molecule has 2 aromatic rings. The van der Waals surface area contributed by atoms with Crippen LogP contribution in [0.5, 0.6) is 0 Å². The van der Waals surface area contributed by atoms with Crippen LogP contribution in [0.15, 0.2) is 36.5 Å². The van der Waals surface area contributed by atoms with Crippen LogP contribution in [0.3, 0.4) is 0 Å². The largest absolute Gasteiger partial charge is 0.376 e. The molecular weight excluding hydrogens is 290 g/mol. The molecule has 122 valence electrons. The van der Waals surface area contributed by atoms with Crippen LogP contribution in [0.1, 0.15) is 22.8 Å². The average Bonchev–Trinajstić information content (AvgIpc) is 2.59. The van der Waals surface area contributed by atoms with Gasteiger partial charge in [-0.3, -0.25) is 4.79 Å². The predicted molar refractivity (Wildman–Crippen MR) is 93.0 cm³/mol. The minimum absolute atomic E-state index is 0.0671. The highest BCUT2D eigenvalue weighted by molar-refractivity contribution is 5.94. The van der Waals surface area contributed by atoms with Crippen LogP contribution in [0.25, 0.3) is 0 Å². The number of nitrogens with one attached hydrogen (secondary N) is 2. The van der Waals surface area contributed by atoms with Crippen molar-refractivity contribution in [3.05, 3.63) is 47.7 Å². The Morgan fingerprint density at radius 2 is 1.91 bits per heavy atom. The van der Waals surface area contributed by atoms with Crippen molar-refractivity contribution < 1.29 is 4.79 Å². The van der Waals surface area contributed by atoms with Gasteiger partial charge in [0.15, 0.2) is 5.82 Å². The number of aromatic nitrogens is 2. The van der Waals surface area contributed by atoms with E-state index in [1.54, 1.807) is 6.20 Å². The first kappa shape index (κ1) is 16.7.